The summed E-state index contributed by atoms with van der Waals surface area (Å²) in [4.78, 5) is 4.11. The fourth-order valence-electron chi connectivity index (χ4n) is 3.63. The van der Waals surface area contributed by atoms with E-state index in [0.29, 0.717) is 6.54 Å². The van der Waals surface area contributed by atoms with E-state index in [0.717, 1.165) is 18.4 Å². The second kappa shape index (κ2) is 6.36. The maximum atomic E-state index is 9.26. The Hall–Kier alpha value is -2.21. The second-order valence-corrected chi connectivity index (χ2v) is 6.40. The number of nitrogens with two attached hydrogens (primary N) is 1. The molecule has 5 heteroatoms. The molecule has 0 fully saturated rings. The molecule has 2 unspecified atom stereocenters. The number of aliphatic hydroxyl groups is 1. The van der Waals surface area contributed by atoms with E-state index in [2.05, 4.69) is 34.8 Å². The van der Waals surface area contributed by atoms with Crippen LogP contribution in [0, 0.1) is 0 Å². The van der Waals surface area contributed by atoms with Crippen LogP contribution in [0.3, 0.4) is 0 Å². The van der Waals surface area contributed by atoms with E-state index in [9.17, 15) is 5.11 Å². The molecule has 0 saturated carbocycles. The monoisotopic (exact) mass is 322 g/mol. The van der Waals surface area contributed by atoms with E-state index in [4.69, 9.17) is 5.73 Å². The van der Waals surface area contributed by atoms with E-state index in [-0.39, 0.29) is 18.7 Å². The smallest absolute Gasteiger partial charge is 0.0783 e. The lowest BCUT2D eigenvalue weighted by Gasteiger charge is -2.20. The number of nitrogens with one attached hydrogen (secondary N) is 1. The molecule has 4 N–H and O–H groups in total. The minimum absolute atomic E-state index is 0.0627. The van der Waals surface area contributed by atoms with Gasteiger partial charge < -0.3 is 15.8 Å². The number of nitrogens with zero attached hydrogens (tertiary/aromatic N) is 2. The molecule has 2 heterocycles. The summed E-state index contributed by atoms with van der Waals surface area (Å²) in [5, 5.41) is 11.2. The van der Waals surface area contributed by atoms with Crippen LogP contribution in [-0.4, -0.2) is 28.3 Å². The first kappa shape index (κ1) is 15.3. The zero-order valence-corrected chi connectivity index (χ0v) is 13.5. The SMILES string of the molecule is NC1CCc2cc(C3=CN(CCO)NC3c3ccncc3)ccc21. The lowest BCUT2D eigenvalue weighted by Crippen LogP contribution is -2.33. The number of benzene rings is 1. The number of aliphatic hydroxyl groups excluding tert-OH is 1. The highest BCUT2D eigenvalue weighted by Crippen LogP contribution is 2.37. The molecule has 1 aromatic heterocycles. The van der Waals surface area contributed by atoms with Crippen molar-refractivity contribution in [1.82, 2.24) is 15.4 Å². The fourth-order valence-corrected chi connectivity index (χ4v) is 3.63. The van der Waals surface area contributed by atoms with Crippen molar-refractivity contribution in [3.63, 3.8) is 0 Å². The first-order valence-electron chi connectivity index (χ1n) is 8.40. The average Bonchev–Trinajstić information content (AvgIpc) is 3.20. The molecule has 1 aromatic carbocycles. The topological polar surface area (TPSA) is 74.4 Å². The fraction of sp³-hybridized carbons (Fsp3) is 0.316. The summed E-state index contributed by atoms with van der Waals surface area (Å²) in [7, 11) is 0. The summed E-state index contributed by atoms with van der Waals surface area (Å²) >= 11 is 0. The third-order valence-electron chi connectivity index (χ3n) is 4.88. The van der Waals surface area contributed by atoms with Gasteiger partial charge in [-0.1, -0.05) is 18.2 Å². The quantitative estimate of drug-likeness (QED) is 0.802. The standard InChI is InChI=1S/C19H22N4O/c20-18-4-2-14-11-15(1-3-16(14)18)17-12-23(9-10-24)22-19(17)13-5-7-21-8-6-13/h1,3,5-8,11-12,18-19,22,24H,2,4,9-10,20H2. The molecule has 124 valence electrons. The zero-order valence-electron chi connectivity index (χ0n) is 13.5. The Morgan fingerprint density at radius 1 is 1.25 bits per heavy atom. The Balaban J connectivity index is 1.71. The summed E-state index contributed by atoms with van der Waals surface area (Å²) in [6.45, 7) is 0.666. The van der Waals surface area contributed by atoms with Gasteiger partial charge in [0, 0.05) is 24.6 Å². The van der Waals surface area contributed by atoms with Crippen LogP contribution in [0.1, 0.15) is 40.8 Å². The van der Waals surface area contributed by atoms with Crippen molar-refractivity contribution >= 4 is 5.57 Å². The van der Waals surface area contributed by atoms with Crippen molar-refractivity contribution in [2.45, 2.75) is 24.9 Å². The third kappa shape index (κ3) is 2.71. The molecule has 1 aliphatic heterocycles. The van der Waals surface area contributed by atoms with Gasteiger partial charge in [0.25, 0.3) is 0 Å². The molecule has 5 nitrogen and oxygen atoms in total. The van der Waals surface area contributed by atoms with Crippen LogP contribution >= 0.6 is 0 Å². The molecule has 0 spiro atoms. The van der Waals surface area contributed by atoms with Crippen LogP contribution in [-0.2, 0) is 6.42 Å². The number of hydrazine groups is 1. The van der Waals surface area contributed by atoms with Crippen LogP contribution in [0.15, 0.2) is 48.9 Å². The first-order valence-corrected chi connectivity index (χ1v) is 8.40. The number of rotatable bonds is 4. The number of aromatic nitrogens is 1. The molecule has 0 radical (unpaired) electrons. The molecular formula is C19H22N4O. The van der Waals surface area contributed by atoms with Gasteiger partial charge in [-0.15, -0.1) is 0 Å². The van der Waals surface area contributed by atoms with Gasteiger partial charge in [0.2, 0.25) is 0 Å². The molecule has 4 rings (SSSR count). The summed E-state index contributed by atoms with van der Waals surface area (Å²) in [5.41, 5.74) is 15.8. The lowest BCUT2D eigenvalue weighted by molar-refractivity contribution is 0.198. The largest absolute Gasteiger partial charge is 0.394 e. The maximum Gasteiger partial charge on any atom is 0.0783 e. The zero-order chi connectivity index (χ0) is 16.5. The first-order chi connectivity index (χ1) is 11.8. The van der Waals surface area contributed by atoms with Crippen LogP contribution in [0.2, 0.25) is 0 Å². The minimum atomic E-state index is 0.0627. The van der Waals surface area contributed by atoms with Crippen molar-refractivity contribution < 1.29 is 5.11 Å². The molecule has 2 aromatic rings. The average molecular weight is 322 g/mol. The number of fused-ring (bicyclic) bond motifs is 1. The Morgan fingerprint density at radius 3 is 2.88 bits per heavy atom. The van der Waals surface area contributed by atoms with E-state index >= 15 is 0 Å². The predicted octanol–water partition coefficient (Wildman–Crippen LogP) is 1.92. The molecule has 0 amide bonds. The highest BCUT2D eigenvalue weighted by atomic mass is 16.3. The molecule has 2 atom stereocenters. The Morgan fingerprint density at radius 2 is 2.08 bits per heavy atom. The molecule has 2 aliphatic rings. The molecule has 1 aliphatic carbocycles. The predicted molar refractivity (Wildman–Crippen MR) is 93.6 cm³/mol. The van der Waals surface area contributed by atoms with Gasteiger partial charge in [-0.3, -0.25) is 4.98 Å². The Kier molecular flexibility index (Phi) is 4.06. The normalized spacial score (nSPS) is 22.6. The van der Waals surface area contributed by atoms with Gasteiger partial charge in [0.15, 0.2) is 0 Å². The third-order valence-corrected chi connectivity index (χ3v) is 4.88. The number of pyridine rings is 1. The van der Waals surface area contributed by atoms with E-state index in [1.54, 1.807) is 0 Å². The highest BCUT2D eigenvalue weighted by molar-refractivity contribution is 5.73. The van der Waals surface area contributed by atoms with Crippen LogP contribution in [0.5, 0.6) is 0 Å². The summed E-state index contributed by atoms with van der Waals surface area (Å²) < 4.78 is 0. The van der Waals surface area contributed by atoms with Gasteiger partial charge in [-0.05, 0) is 52.8 Å². The number of β-amino-alcohol motifs (C(OH)–C–C–N with tert-alkyl or cyclic N) is 1. The van der Waals surface area contributed by atoms with Gasteiger partial charge in [-0.2, -0.15) is 0 Å². The van der Waals surface area contributed by atoms with E-state index < -0.39 is 0 Å². The van der Waals surface area contributed by atoms with E-state index in [1.807, 2.05) is 29.5 Å². The highest BCUT2D eigenvalue weighted by Gasteiger charge is 2.28. The van der Waals surface area contributed by atoms with Crippen LogP contribution in [0.25, 0.3) is 5.57 Å². The van der Waals surface area contributed by atoms with Crippen molar-refractivity contribution in [3.05, 3.63) is 71.2 Å². The summed E-state index contributed by atoms with van der Waals surface area (Å²) in [5.74, 6) is 0. The van der Waals surface area contributed by atoms with Crippen LogP contribution in [0.4, 0.5) is 0 Å². The minimum Gasteiger partial charge on any atom is -0.394 e. The van der Waals surface area contributed by atoms with Crippen molar-refractivity contribution in [2.24, 2.45) is 5.73 Å². The van der Waals surface area contributed by atoms with Crippen molar-refractivity contribution in [3.8, 4) is 0 Å². The second-order valence-electron chi connectivity index (χ2n) is 6.40. The maximum absolute atomic E-state index is 9.26. The lowest BCUT2D eigenvalue weighted by atomic mass is 9.93. The molecular weight excluding hydrogens is 300 g/mol. The molecule has 24 heavy (non-hydrogen) atoms. The number of aryl methyl sites for hydroxylation is 1. The van der Waals surface area contributed by atoms with Crippen LogP contribution < -0.4 is 11.2 Å². The van der Waals surface area contributed by atoms with Crippen molar-refractivity contribution in [1.29, 1.82) is 0 Å². The number of hydrogen-bond acceptors (Lipinski definition) is 5. The molecule has 0 bridgehead atoms. The van der Waals surface area contributed by atoms with Gasteiger partial charge in [-0.25, -0.2) is 5.43 Å². The Bertz CT molecular complexity index is 759. The van der Waals surface area contributed by atoms with Gasteiger partial charge >= 0.3 is 0 Å². The van der Waals surface area contributed by atoms with Crippen molar-refractivity contribution in [2.75, 3.05) is 13.2 Å². The Labute approximate surface area is 141 Å². The summed E-state index contributed by atoms with van der Waals surface area (Å²) in [6, 6.07) is 10.9. The molecule has 0 saturated heterocycles. The van der Waals surface area contributed by atoms with E-state index in [1.165, 1.54) is 22.3 Å². The van der Waals surface area contributed by atoms with Gasteiger partial charge in [0.05, 0.1) is 19.2 Å². The summed E-state index contributed by atoms with van der Waals surface area (Å²) in [6.07, 6.45) is 7.79. The van der Waals surface area contributed by atoms with Gasteiger partial charge in [0.1, 0.15) is 0 Å². The number of hydrogen-bond donors (Lipinski definition) is 3.